The molecule has 1 heterocycles. The molecule has 1 heteroatoms. The van der Waals surface area contributed by atoms with E-state index in [0.29, 0.717) is 0 Å². The van der Waals surface area contributed by atoms with Crippen molar-refractivity contribution in [2.45, 2.75) is 33.5 Å². The summed E-state index contributed by atoms with van der Waals surface area (Å²) in [4.78, 5) is 0. The fourth-order valence-electron chi connectivity index (χ4n) is 3.15. The second-order valence-corrected chi connectivity index (χ2v) is 6.30. The Kier molecular flexibility index (Phi) is 3.78. The molecule has 24 heavy (non-hydrogen) atoms. The van der Waals surface area contributed by atoms with E-state index in [1.807, 2.05) is 12.1 Å². The highest BCUT2D eigenvalue weighted by Crippen LogP contribution is 2.25. The molecule has 0 saturated heterocycles. The van der Waals surface area contributed by atoms with Crippen LogP contribution < -0.4 is 4.57 Å². The van der Waals surface area contributed by atoms with E-state index < -0.39 is 6.85 Å². The van der Waals surface area contributed by atoms with E-state index in [4.69, 9.17) is 4.11 Å². The zero-order valence-corrected chi connectivity index (χ0v) is 14.6. The minimum atomic E-state index is -1.96. The number of hydrogen-bond donors (Lipinski definition) is 0. The molecule has 0 saturated carbocycles. The lowest BCUT2D eigenvalue weighted by Gasteiger charge is -2.09. The number of pyridine rings is 1. The summed E-state index contributed by atoms with van der Waals surface area (Å²) in [5.41, 5.74) is 7.82. The molecule has 122 valence electrons. The Morgan fingerprint density at radius 3 is 2.33 bits per heavy atom. The van der Waals surface area contributed by atoms with E-state index >= 15 is 0 Å². The van der Waals surface area contributed by atoms with E-state index in [-0.39, 0.29) is 6.42 Å². The van der Waals surface area contributed by atoms with Gasteiger partial charge >= 0.3 is 0 Å². The highest BCUT2D eigenvalue weighted by atomic mass is 14.9. The molecular weight excluding hydrogens is 290 g/mol. The van der Waals surface area contributed by atoms with Gasteiger partial charge in [0.25, 0.3) is 0 Å². The van der Waals surface area contributed by atoms with Gasteiger partial charge in [0.15, 0.2) is 6.20 Å². The smallest absolute Gasteiger partial charge is 0.200 e. The maximum absolute atomic E-state index is 7.58. The predicted molar refractivity (Wildman–Crippen MR) is 102 cm³/mol. The van der Waals surface area contributed by atoms with Crippen molar-refractivity contribution < 1.29 is 8.68 Å². The van der Waals surface area contributed by atoms with E-state index in [0.717, 1.165) is 34.4 Å². The summed E-state index contributed by atoms with van der Waals surface area (Å²) in [7, 11) is 2.05. The number of aryl methyl sites for hydroxylation is 4. The van der Waals surface area contributed by atoms with E-state index in [1.54, 1.807) is 0 Å². The molecule has 1 aromatic heterocycles. The van der Waals surface area contributed by atoms with Crippen LogP contribution in [0.15, 0.2) is 60.8 Å². The molecule has 2 aromatic carbocycles. The fraction of sp³-hybridized carbons (Fsp3) is 0.261. The third-order valence-corrected chi connectivity index (χ3v) is 4.55. The molecule has 0 aliphatic carbocycles. The van der Waals surface area contributed by atoms with Gasteiger partial charge in [0.05, 0.1) is 0 Å². The summed E-state index contributed by atoms with van der Waals surface area (Å²) in [6.07, 6.45) is 3.10. The first-order valence-corrected chi connectivity index (χ1v) is 8.46. The van der Waals surface area contributed by atoms with Crippen LogP contribution in [-0.4, -0.2) is 0 Å². The van der Waals surface area contributed by atoms with Gasteiger partial charge in [-0.2, -0.15) is 0 Å². The van der Waals surface area contributed by atoms with Crippen LogP contribution in [-0.2, 0) is 19.9 Å². The zero-order valence-electron chi connectivity index (χ0n) is 17.6. The molecule has 3 aromatic rings. The number of aromatic nitrogens is 1. The summed E-state index contributed by atoms with van der Waals surface area (Å²) in [6, 6.07) is 18.8. The molecular formula is C23H26N+. The highest BCUT2D eigenvalue weighted by Gasteiger charge is 2.13. The van der Waals surface area contributed by atoms with Gasteiger partial charge in [0, 0.05) is 21.3 Å². The average Bonchev–Trinajstić information content (AvgIpc) is 2.60. The van der Waals surface area contributed by atoms with Crippen molar-refractivity contribution in [3.63, 3.8) is 0 Å². The van der Waals surface area contributed by atoms with Crippen LogP contribution in [0.2, 0.25) is 0 Å². The largest absolute Gasteiger partial charge is 0.212 e. The van der Waals surface area contributed by atoms with Crippen LogP contribution in [0.25, 0.3) is 22.4 Å². The van der Waals surface area contributed by atoms with Crippen molar-refractivity contribution >= 4 is 0 Å². The van der Waals surface area contributed by atoms with Gasteiger partial charge < -0.3 is 0 Å². The minimum absolute atomic E-state index is 0.0985. The minimum Gasteiger partial charge on any atom is -0.200 e. The Labute approximate surface area is 149 Å². The molecule has 0 spiro atoms. The number of benzene rings is 2. The van der Waals surface area contributed by atoms with Crippen LogP contribution >= 0.6 is 0 Å². The molecule has 0 amide bonds. The first-order chi connectivity index (χ1) is 12.8. The van der Waals surface area contributed by atoms with Crippen LogP contribution in [0.5, 0.6) is 0 Å². The monoisotopic (exact) mass is 319 g/mol. The average molecular weight is 319 g/mol. The van der Waals surface area contributed by atoms with Crippen LogP contribution in [0, 0.1) is 6.92 Å². The normalized spacial score (nSPS) is 13.2. The number of rotatable bonds is 4. The lowest BCUT2D eigenvalue weighted by Crippen LogP contribution is -2.30. The topological polar surface area (TPSA) is 3.88 Å². The second-order valence-electron chi connectivity index (χ2n) is 6.30. The van der Waals surface area contributed by atoms with Crippen LogP contribution in [0.4, 0.5) is 0 Å². The lowest BCUT2D eigenvalue weighted by molar-refractivity contribution is -0.659. The standard InChI is InChI=1S/C23H26N/c1-5-18-13-19(6-2)15-21(14-18)20-11-12-23(24(4)16-20)22-10-8-7-9-17(22)3/h7-16H,5-6H2,1-4H3/q+1/i1D3. The quantitative estimate of drug-likeness (QED) is 0.576. The lowest BCUT2D eigenvalue weighted by atomic mass is 9.97. The first kappa shape index (κ1) is 12.9. The third-order valence-electron chi connectivity index (χ3n) is 4.55. The maximum Gasteiger partial charge on any atom is 0.212 e. The predicted octanol–water partition coefficient (Wildman–Crippen LogP) is 5.28. The van der Waals surface area contributed by atoms with Gasteiger partial charge in [-0.1, -0.05) is 50.2 Å². The molecule has 0 radical (unpaired) electrons. The van der Waals surface area contributed by atoms with E-state index in [2.05, 4.69) is 74.1 Å². The Morgan fingerprint density at radius 2 is 1.67 bits per heavy atom. The van der Waals surface area contributed by atoms with Crippen LogP contribution in [0.1, 0.15) is 34.6 Å². The summed E-state index contributed by atoms with van der Waals surface area (Å²) < 4.78 is 24.9. The summed E-state index contributed by atoms with van der Waals surface area (Å²) in [5, 5.41) is 0. The second kappa shape index (κ2) is 7.00. The molecule has 3 rings (SSSR count). The van der Waals surface area contributed by atoms with Crippen molar-refractivity contribution in [3.8, 4) is 22.4 Å². The van der Waals surface area contributed by atoms with Gasteiger partial charge in [0.2, 0.25) is 5.69 Å². The maximum atomic E-state index is 7.58. The van der Waals surface area contributed by atoms with E-state index in [1.165, 1.54) is 11.1 Å². The molecule has 0 fully saturated rings. The summed E-state index contributed by atoms with van der Waals surface area (Å²) in [6.45, 7) is 2.26. The molecule has 0 N–H and O–H groups in total. The number of hydrogen-bond acceptors (Lipinski definition) is 0. The molecule has 0 aliphatic rings. The zero-order chi connectivity index (χ0) is 19.6. The van der Waals surface area contributed by atoms with Gasteiger partial charge in [0.1, 0.15) is 7.05 Å². The molecule has 0 atom stereocenters. The van der Waals surface area contributed by atoms with Crippen molar-refractivity contribution in [3.05, 3.63) is 77.5 Å². The van der Waals surface area contributed by atoms with Gasteiger partial charge in [-0.25, -0.2) is 4.57 Å². The third kappa shape index (κ3) is 3.26. The van der Waals surface area contributed by atoms with Crippen LogP contribution in [0.3, 0.4) is 0 Å². The SMILES string of the molecule is [2H]C([2H])([2H])Cc1cc(CC)cc(-c2ccc(-c3ccccc3C)[n+](C)c2)c1. The van der Waals surface area contributed by atoms with Crippen molar-refractivity contribution in [2.75, 3.05) is 0 Å². The number of nitrogens with zero attached hydrogens (tertiary/aromatic N) is 1. The molecule has 1 nitrogen and oxygen atoms in total. The van der Waals surface area contributed by atoms with Gasteiger partial charge in [-0.05, 0) is 54.2 Å². The fourth-order valence-corrected chi connectivity index (χ4v) is 3.15. The molecule has 0 unspecified atom stereocenters. The van der Waals surface area contributed by atoms with E-state index in [9.17, 15) is 0 Å². The Bertz CT molecular complexity index is 958. The molecule has 0 aliphatic heterocycles. The summed E-state index contributed by atoms with van der Waals surface area (Å²) in [5.74, 6) is 0. The van der Waals surface area contributed by atoms with Crippen molar-refractivity contribution in [1.29, 1.82) is 0 Å². The Morgan fingerprint density at radius 1 is 0.917 bits per heavy atom. The Hall–Kier alpha value is -2.41. The summed E-state index contributed by atoms with van der Waals surface area (Å²) >= 11 is 0. The molecule has 0 bridgehead atoms. The van der Waals surface area contributed by atoms with Crippen molar-refractivity contribution in [1.82, 2.24) is 0 Å². The Balaban J connectivity index is 2.03. The first-order valence-electron chi connectivity index (χ1n) is 9.96. The highest BCUT2D eigenvalue weighted by molar-refractivity contribution is 5.67. The van der Waals surface area contributed by atoms with Gasteiger partial charge in [-0.3, -0.25) is 0 Å². The van der Waals surface area contributed by atoms with Crippen molar-refractivity contribution in [2.24, 2.45) is 7.05 Å². The van der Waals surface area contributed by atoms with Gasteiger partial charge in [-0.15, -0.1) is 0 Å².